The molecule has 1 aromatic carbocycles. The molecule has 1 aliphatic heterocycles. The lowest BCUT2D eigenvalue weighted by Gasteiger charge is -2.05. The molecule has 5 nitrogen and oxygen atoms in total. The molecule has 2 heterocycles. The highest BCUT2D eigenvalue weighted by molar-refractivity contribution is 7.97. The molecule has 0 aliphatic carbocycles. The van der Waals surface area contributed by atoms with Crippen LogP contribution in [-0.2, 0) is 23.4 Å². The van der Waals surface area contributed by atoms with Gasteiger partial charge in [-0.2, -0.15) is 11.8 Å². The quantitative estimate of drug-likeness (QED) is 0.832. The normalized spacial score (nSPS) is 12.4. The van der Waals surface area contributed by atoms with E-state index < -0.39 is 0 Å². The highest BCUT2D eigenvalue weighted by atomic mass is 32.2. The van der Waals surface area contributed by atoms with E-state index in [-0.39, 0.29) is 12.7 Å². The minimum Gasteiger partial charge on any atom is -0.454 e. The number of amides is 1. The van der Waals surface area contributed by atoms with Crippen molar-refractivity contribution in [3.63, 3.8) is 0 Å². The lowest BCUT2D eigenvalue weighted by atomic mass is 10.1. The number of aromatic nitrogens is 1. The summed E-state index contributed by atoms with van der Waals surface area (Å²) in [5, 5.41) is 6.14. The number of hydrogen-bond donors (Lipinski definition) is 1. The maximum atomic E-state index is 12.0. The molecule has 0 saturated carbocycles. The zero-order valence-electron chi connectivity index (χ0n) is 12.8. The summed E-state index contributed by atoms with van der Waals surface area (Å²) in [6.45, 7) is 0.850. The zero-order valence-corrected chi connectivity index (χ0v) is 14.5. The molecule has 0 fully saturated rings. The second kappa shape index (κ2) is 7.70. The van der Waals surface area contributed by atoms with E-state index in [1.54, 1.807) is 23.1 Å². The molecule has 23 heavy (non-hydrogen) atoms. The molecule has 0 bridgehead atoms. The molecule has 0 unspecified atom stereocenters. The maximum Gasteiger partial charge on any atom is 0.231 e. The van der Waals surface area contributed by atoms with Crippen LogP contribution in [0.25, 0.3) is 0 Å². The first-order chi connectivity index (χ1) is 11.2. The summed E-state index contributed by atoms with van der Waals surface area (Å²) >= 11 is 3.44. The van der Waals surface area contributed by atoms with Crippen LogP contribution < -0.4 is 14.8 Å². The molecule has 122 valence electrons. The molecule has 0 spiro atoms. The Morgan fingerprint density at radius 2 is 2.26 bits per heavy atom. The first-order valence-electron chi connectivity index (χ1n) is 7.32. The predicted molar refractivity (Wildman–Crippen MR) is 92.3 cm³/mol. The number of carbonyl (C=O) groups is 1. The van der Waals surface area contributed by atoms with E-state index in [1.165, 1.54) is 0 Å². The number of hydrogen-bond acceptors (Lipinski definition) is 6. The van der Waals surface area contributed by atoms with Crippen molar-refractivity contribution in [1.29, 1.82) is 0 Å². The van der Waals surface area contributed by atoms with Crippen molar-refractivity contribution in [1.82, 2.24) is 10.3 Å². The Kier molecular flexibility index (Phi) is 5.40. The standard InChI is InChI=1S/C16H18N2O3S2/c1-22-9-16-18-12(8-23-16)4-5-17-15(19)7-11-2-3-13-14(6-11)21-10-20-13/h2-3,6,8H,4-5,7,9-10H2,1H3,(H,17,19). The van der Waals surface area contributed by atoms with Gasteiger partial charge in [0.15, 0.2) is 11.5 Å². The van der Waals surface area contributed by atoms with Crippen LogP contribution in [-0.4, -0.2) is 30.5 Å². The molecule has 3 rings (SSSR count). The Bertz CT molecular complexity index is 688. The summed E-state index contributed by atoms with van der Waals surface area (Å²) in [5.41, 5.74) is 1.96. The van der Waals surface area contributed by atoms with Crippen LogP contribution in [0.5, 0.6) is 11.5 Å². The number of rotatable bonds is 7. The van der Waals surface area contributed by atoms with Crippen molar-refractivity contribution in [3.8, 4) is 11.5 Å². The van der Waals surface area contributed by atoms with E-state index in [2.05, 4.69) is 21.9 Å². The number of nitrogens with one attached hydrogen (secondary N) is 1. The molecule has 0 atom stereocenters. The average Bonchev–Trinajstić information content (AvgIpc) is 3.16. The fourth-order valence-corrected chi connectivity index (χ4v) is 3.83. The Morgan fingerprint density at radius 1 is 1.39 bits per heavy atom. The number of nitrogens with zero attached hydrogens (tertiary/aromatic N) is 1. The monoisotopic (exact) mass is 350 g/mol. The van der Waals surface area contributed by atoms with Crippen LogP contribution in [0.2, 0.25) is 0 Å². The summed E-state index contributed by atoms with van der Waals surface area (Å²) in [7, 11) is 0. The molecule has 1 aliphatic rings. The van der Waals surface area contributed by atoms with Crippen LogP contribution in [0.15, 0.2) is 23.6 Å². The van der Waals surface area contributed by atoms with E-state index in [9.17, 15) is 4.79 Å². The lowest BCUT2D eigenvalue weighted by molar-refractivity contribution is -0.120. The van der Waals surface area contributed by atoms with Crippen LogP contribution in [0.1, 0.15) is 16.3 Å². The Labute approximate surface area is 143 Å². The lowest BCUT2D eigenvalue weighted by Crippen LogP contribution is -2.27. The second-order valence-corrected chi connectivity index (χ2v) is 6.94. The molecule has 7 heteroatoms. The number of thiazole rings is 1. The van der Waals surface area contributed by atoms with Gasteiger partial charge in [-0.25, -0.2) is 4.98 Å². The summed E-state index contributed by atoms with van der Waals surface area (Å²) in [6, 6.07) is 5.59. The molecule has 2 aromatic rings. The summed E-state index contributed by atoms with van der Waals surface area (Å²) in [4.78, 5) is 16.5. The van der Waals surface area contributed by atoms with Gasteiger partial charge in [0.1, 0.15) is 5.01 Å². The van der Waals surface area contributed by atoms with Crippen LogP contribution in [0.3, 0.4) is 0 Å². The first-order valence-corrected chi connectivity index (χ1v) is 9.59. The molecular formula is C16H18N2O3S2. The Hall–Kier alpha value is -1.73. The molecule has 0 saturated heterocycles. The van der Waals surface area contributed by atoms with Crippen LogP contribution in [0, 0.1) is 0 Å². The highest BCUT2D eigenvalue weighted by Crippen LogP contribution is 2.32. The number of thioether (sulfide) groups is 1. The number of fused-ring (bicyclic) bond motifs is 1. The van der Waals surface area contributed by atoms with Gasteiger partial charge in [-0.3, -0.25) is 4.79 Å². The molecule has 1 aromatic heterocycles. The Morgan fingerprint density at radius 3 is 3.13 bits per heavy atom. The minimum absolute atomic E-state index is 0.00318. The second-order valence-electron chi connectivity index (χ2n) is 5.13. The summed E-state index contributed by atoms with van der Waals surface area (Å²) in [6.07, 6.45) is 3.17. The first kappa shape index (κ1) is 16.1. The fraction of sp³-hybridized carbons (Fsp3) is 0.375. The molecule has 1 amide bonds. The summed E-state index contributed by atoms with van der Waals surface area (Å²) in [5.74, 6) is 2.39. The molecule has 0 radical (unpaired) electrons. The summed E-state index contributed by atoms with van der Waals surface area (Å²) < 4.78 is 10.6. The van der Waals surface area contributed by atoms with Crippen molar-refractivity contribution < 1.29 is 14.3 Å². The smallest absolute Gasteiger partial charge is 0.231 e. The minimum atomic E-state index is 0.00318. The van der Waals surface area contributed by atoms with Crippen LogP contribution in [0.4, 0.5) is 0 Å². The van der Waals surface area contributed by atoms with Gasteiger partial charge in [-0.05, 0) is 24.0 Å². The topological polar surface area (TPSA) is 60.5 Å². The average molecular weight is 350 g/mol. The van der Waals surface area contributed by atoms with Gasteiger partial charge in [0.25, 0.3) is 0 Å². The van der Waals surface area contributed by atoms with E-state index in [0.29, 0.717) is 18.7 Å². The van der Waals surface area contributed by atoms with Crippen LogP contribution >= 0.6 is 23.1 Å². The number of benzene rings is 1. The van der Waals surface area contributed by atoms with E-state index in [4.69, 9.17) is 9.47 Å². The van der Waals surface area contributed by atoms with E-state index >= 15 is 0 Å². The van der Waals surface area contributed by atoms with Crippen molar-refractivity contribution in [2.75, 3.05) is 19.6 Å². The van der Waals surface area contributed by atoms with Gasteiger partial charge in [0, 0.05) is 24.1 Å². The highest BCUT2D eigenvalue weighted by Gasteiger charge is 2.14. The van der Waals surface area contributed by atoms with Crippen molar-refractivity contribution >= 4 is 29.0 Å². The predicted octanol–water partition coefficient (Wildman–Crippen LogP) is 2.64. The third-order valence-electron chi connectivity index (χ3n) is 3.37. The number of carbonyl (C=O) groups excluding carboxylic acids is 1. The molecular weight excluding hydrogens is 332 g/mol. The molecule has 1 N–H and O–H groups in total. The zero-order chi connectivity index (χ0) is 16.1. The van der Waals surface area contributed by atoms with Gasteiger partial charge < -0.3 is 14.8 Å². The van der Waals surface area contributed by atoms with E-state index in [0.717, 1.165) is 34.2 Å². The van der Waals surface area contributed by atoms with Crippen molar-refractivity contribution in [3.05, 3.63) is 39.8 Å². The van der Waals surface area contributed by atoms with Gasteiger partial charge in [-0.1, -0.05) is 6.07 Å². The van der Waals surface area contributed by atoms with Gasteiger partial charge in [0.2, 0.25) is 12.7 Å². The maximum absolute atomic E-state index is 12.0. The van der Waals surface area contributed by atoms with Crippen molar-refractivity contribution in [2.45, 2.75) is 18.6 Å². The number of ether oxygens (including phenoxy) is 2. The largest absolute Gasteiger partial charge is 0.454 e. The van der Waals surface area contributed by atoms with Gasteiger partial charge >= 0.3 is 0 Å². The third kappa shape index (κ3) is 4.39. The van der Waals surface area contributed by atoms with E-state index in [1.807, 2.05) is 18.2 Å². The van der Waals surface area contributed by atoms with Gasteiger partial charge in [0.05, 0.1) is 12.1 Å². The fourth-order valence-electron chi connectivity index (χ4n) is 2.28. The van der Waals surface area contributed by atoms with Gasteiger partial charge in [-0.15, -0.1) is 11.3 Å². The SMILES string of the molecule is CSCc1nc(CCNC(=O)Cc2ccc3c(c2)OCO3)cs1. The van der Waals surface area contributed by atoms with Crippen molar-refractivity contribution in [2.24, 2.45) is 0 Å². The Balaban J connectivity index is 1.44. The third-order valence-corrected chi connectivity index (χ3v) is 5.01.